The molecular weight excluding hydrogens is 338 g/mol. The van der Waals surface area contributed by atoms with E-state index in [-0.39, 0.29) is 17.1 Å². The molecule has 0 aliphatic rings. The molecule has 0 saturated heterocycles. The molecule has 0 unspecified atom stereocenters. The Morgan fingerprint density at radius 2 is 1.54 bits per heavy atom. The van der Waals surface area contributed by atoms with Gasteiger partial charge in [-0.25, -0.2) is 4.79 Å². The van der Waals surface area contributed by atoms with Crippen LogP contribution in [0.3, 0.4) is 0 Å². The van der Waals surface area contributed by atoms with E-state index in [9.17, 15) is 9.59 Å². The lowest BCUT2D eigenvalue weighted by Crippen LogP contribution is -2.21. The molecule has 2 aromatic rings. The van der Waals surface area contributed by atoms with Gasteiger partial charge in [0.1, 0.15) is 5.56 Å². The SMILES string of the molecule is COc1ccc(C(=O)OCC(=O)Nc2ccc(C)cc2)c(OC)c1OC. The maximum atomic E-state index is 12.3. The number of anilines is 1. The zero-order chi connectivity index (χ0) is 19.1. The lowest BCUT2D eigenvalue weighted by molar-refractivity contribution is -0.119. The molecule has 2 aromatic carbocycles. The number of amides is 1. The van der Waals surface area contributed by atoms with Crippen LogP contribution in [0.1, 0.15) is 15.9 Å². The van der Waals surface area contributed by atoms with Gasteiger partial charge in [0.2, 0.25) is 5.75 Å². The number of rotatable bonds is 7. The van der Waals surface area contributed by atoms with E-state index in [1.165, 1.54) is 27.4 Å². The Kier molecular flexibility index (Phi) is 6.43. The van der Waals surface area contributed by atoms with Crippen LogP contribution >= 0.6 is 0 Å². The lowest BCUT2D eigenvalue weighted by atomic mass is 10.1. The van der Waals surface area contributed by atoms with E-state index >= 15 is 0 Å². The molecule has 0 heterocycles. The Balaban J connectivity index is 2.05. The van der Waals surface area contributed by atoms with Gasteiger partial charge in [-0.1, -0.05) is 17.7 Å². The molecule has 1 amide bonds. The molecule has 1 N–H and O–H groups in total. The molecule has 0 aliphatic carbocycles. The first-order valence-electron chi connectivity index (χ1n) is 7.82. The first-order valence-corrected chi connectivity index (χ1v) is 7.82. The molecule has 138 valence electrons. The van der Waals surface area contributed by atoms with Crippen molar-refractivity contribution in [3.05, 3.63) is 47.5 Å². The molecule has 0 spiro atoms. The Morgan fingerprint density at radius 1 is 0.885 bits per heavy atom. The highest BCUT2D eigenvalue weighted by Crippen LogP contribution is 2.39. The molecule has 0 atom stereocenters. The van der Waals surface area contributed by atoms with E-state index in [0.29, 0.717) is 11.4 Å². The maximum Gasteiger partial charge on any atom is 0.342 e. The van der Waals surface area contributed by atoms with Gasteiger partial charge < -0.3 is 24.3 Å². The van der Waals surface area contributed by atoms with Crippen molar-refractivity contribution in [1.29, 1.82) is 0 Å². The van der Waals surface area contributed by atoms with E-state index in [4.69, 9.17) is 18.9 Å². The first kappa shape index (κ1) is 19.1. The van der Waals surface area contributed by atoms with Gasteiger partial charge in [-0.15, -0.1) is 0 Å². The minimum absolute atomic E-state index is 0.133. The molecular formula is C19H21NO6. The fraction of sp³-hybridized carbons (Fsp3) is 0.263. The van der Waals surface area contributed by atoms with Crippen molar-refractivity contribution in [3.8, 4) is 17.2 Å². The highest BCUT2D eigenvalue weighted by atomic mass is 16.5. The molecule has 0 radical (unpaired) electrons. The number of hydrogen-bond acceptors (Lipinski definition) is 6. The maximum absolute atomic E-state index is 12.3. The summed E-state index contributed by atoms with van der Waals surface area (Å²) >= 11 is 0. The van der Waals surface area contributed by atoms with Crippen LogP contribution in [0.2, 0.25) is 0 Å². The van der Waals surface area contributed by atoms with Gasteiger partial charge in [0.05, 0.1) is 21.3 Å². The van der Waals surface area contributed by atoms with Gasteiger partial charge in [-0.2, -0.15) is 0 Å². The van der Waals surface area contributed by atoms with Gasteiger partial charge in [0.25, 0.3) is 5.91 Å². The van der Waals surface area contributed by atoms with Crippen molar-refractivity contribution in [2.24, 2.45) is 0 Å². The summed E-state index contributed by atoms with van der Waals surface area (Å²) in [5.41, 5.74) is 1.84. The normalized spacial score (nSPS) is 10.0. The van der Waals surface area contributed by atoms with E-state index in [1.807, 2.05) is 19.1 Å². The monoisotopic (exact) mass is 359 g/mol. The Bertz CT molecular complexity index is 785. The number of esters is 1. The van der Waals surface area contributed by atoms with Crippen LogP contribution in [-0.2, 0) is 9.53 Å². The second-order valence-corrected chi connectivity index (χ2v) is 5.37. The van der Waals surface area contributed by atoms with Crippen molar-refractivity contribution < 1.29 is 28.5 Å². The van der Waals surface area contributed by atoms with Gasteiger partial charge in [-0.3, -0.25) is 4.79 Å². The third kappa shape index (κ3) is 4.44. The number of benzene rings is 2. The number of hydrogen-bond donors (Lipinski definition) is 1. The zero-order valence-electron chi connectivity index (χ0n) is 15.1. The smallest absolute Gasteiger partial charge is 0.342 e. The van der Waals surface area contributed by atoms with Crippen molar-refractivity contribution >= 4 is 17.6 Å². The molecule has 0 fully saturated rings. The molecule has 7 heteroatoms. The predicted molar refractivity (Wildman–Crippen MR) is 96.2 cm³/mol. The molecule has 2 rings (SSSR count). The second-order valence-electron chi connectivity index (χ2n) is 5.37. The van der Waals surface area contributed by atoms with Crippen molar-refractivity contribution in [1.82, 2.24) is 0 Å². The van der Waals surface area contributed by atoms with E-state index in [0.717, 1.165) is 5.56 Å². The summed E-state index contributed by atoms with van der Waals surface area (Å²) < 4.78 is 20.7. The largest absolute Gasteiger partial charge is 0.493 e. The first-order chi connectivity index (χ1) is 12.5. The average molecular weight is 359 g/mol. The average Bonchev–Trinajstić information content (AvgIpc) is 2.66. The van der Waals surface area contributed by atoms with E-state index in [1.54, 1.807) is 18.2 Å². The summed E-state index contributed by atoms with van der Waals surface area (Å²) in [6.45, 7) is 1.52. The van der Waals surface area contributed by atoms with Crippen LogP contribution in [0.15, 0.2) is 36.4 Å². The molecule has 0 bridgehead atoms. The number of carbonyl (C=O) groups excluding carboxylic acids is 2. The molecule has 7 nitrogen and oxygen atoms in total. The minimum atomic E-state index is -0.707. The number of nitrogens with one attached hydrogen (secondary N) is 1. The summed E-state index contributed by atoms with van der Waals surface area (Å²) in [5.74, 6) is -0.286. The van der Waals surface area contributed by atoms with Crippen LogP contribution in [0.4, 0.5) is 5.69 Å². The Hall–Kier alpha value is -3.22. The van der Waals surface area contributed by atoms with Crippen LogP contribution in [0.5, 0.6) is 17.2 Å². The van der Waals surface area contributed by atoms with Crippen molar-refractivity contribution in [3.63, 3.8) is 0 Å². The number of carbonyl (C=O) groups is 2. The zero-order valence-corrected chi connectivity index (χ0v) is 15.1. The molecule has 0 aromatic heterocycles. The summed E-state index contributed by atoms with van der Waals surface area (Å²) in [6, 6.07) is 10.3. The fourth-order valence-electron chi connectivity index (χ4n) is 2.30. The third-order valence-electron chi connectivity index (χ3n) is 3.59. The van der Waals surface area contributed by atoms with E-state index in [2.05, 4.69) is 5.32 Å². The van der Waals surface area contributed by atoms with Gasteiger partial charge in [-0.05, 0) is 31.2 Å². The van der Waals surface area contributed by atoms with Gasteiger partial charge >= 0.3 is 5.97 Å². The van der Waals surface area contributed by atoms with Crippen LogP contribution < -0.4 is 19.5 Å². The Morgan fingerprint density at radius 3 is 2.12 bits per heavy atom. The molecule has 26 heavy (non-hydrogen) atoms. The summed E-state index contributed by atoms with van der Waals surface area (Å²) in [4.78, 5) is 24.3. The van der Waals surface area contributed by atoms with Gasteiger partial charge in [0, 0.05) is 5.69 Å². The number of aryl methyl sites for hydroxylation is 1. The molecule has 0 aliphatic heterocycles. The highest BCUT2D eigenvalue weighted by molar-refractivity contribution is 5.97. The summed E-state index contributed by atoms with van der Waals surface area (Å²) in [7, 11) is 4.31. The van der Waals surface area contributed by atoms with Crippen LogP contribution in [0.25, 0.3) is 0 Å². The number of ether oxygens (including phenoxy) is 4. The summed E-state index contributed by atoms with van der Waals surface area (Å²) in [6.07, 6.45) is 0. The predicted octanol–water partition coefficient (Wildman–Crippen LogP) is 2.82. The standard InChI is InChI=1S/C19H21NO6/c1-12-5-7-13(8-6-12)20-16(21)11-26-19(22)14-9-10-15(23-2)18(25-4)17(14)24-3/h5-10H,11H2,1-4H3,(H,20,21). The van der Waals surface area contributed by atoms with E-state index < -0.39 is 18.5 Å². The highest BCUT2D eigenvalue weighted by Gasteiger charge is 2.22. The van der Waals surface area contributed by atoms with Crippen molar-refractivity contribution in [2.45, 2.75) is 6.92 Å². The molecule has 0 saturated carbocycles. The van der Waals surface area contributed by atoms with Crippen molar-refractivity contribution in [2.75, 3.05) is 33.3 Å². The third-order valence-corrected chi connectivity index (χ3v) is 3.59. The quantitative estimate of drug-likeness (QED) is 0.766. The fourth-order valence-corrected chi connectivity index (χ4v) is 2.30. The number of methoxy groups -OCH3 is 3. The summed E-state index contributed by atoms with van der Waals surface area (Å²) in [5, 5.41) is 2.65. The Labute approximate surface area is 151 Å². The second kappa shape index (κ2) is 8.75. The van der Waals surface area contributed by atoms with Gasteiger partial charge in [0.15, 0.2) is 18.1 Å². The van der Waals surface area contributed by atoms with Crippen LogP contribution in [-0.4, -0.2) is 39.8 Å². The minimum Gasteiger partial charge on any atom is -0.493 e. The topological polar surface area (TPSA) is 83.1 Å². The van der Waals surface area contributed by atoms with Crippen LogP contribution in [0, 0.1) is 6.92 Å². The lowest BCUT2D eigenvalue weighted by Gasteiger charge is -2.15.